The van der Waals surface area contributed by atoms with Crippen LogP contribution in [0.3, 0.4) is 0 Å². The fourth-order valence-electron chi connectivity index (χ4n) is 1.41. The molecule has 0 aliphatic heterocycles. The number of alkyl halides is 7. The SMILES string of the molecule is C[As](F)(F)(c1ccccc1)C(F)(F)C(F)(F)C(F)(F)F. The van der Waals surface area contributed by atoms with Crippen LogP contribution in [-0.2, 0) is 0 Å². The quantitative estimate of drug-likeness (QED) is 0.549. The molecule has 0 bridgehead atoms. The molecule has 1 aromatic rings. The van der Waals surface area contributed by atoms with Crippen LogP contribution < -0.4 is 4.35 Å². The first kappa shape index (κ1) is 17.2. The van der Waals surface area contributed by atoms with Gasteiger partial charge in [-0.05, 0) is 0 Å². The maximum atomic E-state index is 14.1. The van der Waals surface area contributed by atoms with Crippen LogP contribution in [0.15, 0.2) is 30.3 Å². The molecule has 10 heteroatoms. The summed E-state index contributed by atoms with van der Waals surface area (Å²) >= 11 is -8.48. The summed E-state index contributed by atoms with van der Waals surface area (Å²) in [6.45, 7) is 0. The summed E-state index contributed by atoms with van der Waals surface area (Å²) in [6, 6.07) is 3.71. The van der Waals surface area contributed by atoms with Gasteiger partial charge in [0.25, 0.3) is 0 Å². The Kier molecular flexibility index (Phi) is 3.72. The number of hydrogen-bond donors (Lipinski definition) is 0. The van der Waals surface area contributed by atoms with E-state index in [9.17, 15) is 37.7 Å². The van der Waals surface area contributed by atoms with E-state index in [4.69, 9.17) is 0 Å². The Bertz CT molecular complexity index is 483. The van der Waals surface area contributed by atoms with Crippen LogP contribution in [0.2, 0.25) is 5.71 Å². The number of rotatable bonds is 3. The molecule has 0 atom stereocenters. The molecule has 0 heterocycles. The maximum absolute atomic E-state index is 14.1. The van der Waals surface area contributed by atoms with Crippen molar-refractivity contribution in [3.05, 3.63) is 30.3 Å². The Morgan fingerprint density at radius 2 is 1.20 bits per heavy atom. The normalized spacial score (nSPS) is 16.6. The van der Waals surface area contributed by atoms with E-state index in [-0.39, 0.29) is 0 Å². The Balaban J connectivity index is 3.54. The summed E-state index contributed by atoms with van der Waals surface area (Å²) in [4.78, 5) is 0. The predicted molar refractivity (Wildman–Crippen MR) is 55.9 cm³/mol. The number of benzene rings is 1. The first-order chi connectivity index (χ1) is 8.64. The molecule has 116 valence electrons. The minimum absolute atomic E-state index is 0.423. The molecular formula is C10H8AsF9. The monoisotopic (exact) mass is 374 g/mol. The molecule has 0 radical (unpaired) electrons. The van der Waals surface area contributed by atoms with E-state index in [2.05, 4.69) is 0 Å². The zero-order valence-electron chi connectivity index (χ0n) is 9.74. The number of hydrogen-bond acceptors (Lipinski definition) is 0. The molecule has 0 unspecified atom stereocenters. The number of halogens is 9. The Morgan fingerprint density at radius 3 is 1.55 bits per heavy atom. The first-order valence-corrected chi connectivity index (χ1v) is 10.1. The average Bonchev–Trinajstić information content (AvgIpc) is 2.27. The molecular weight excluding hydrogens is 366 g/mol. The van der Waals surface area contributed by atoms with Gasteiger partial charge >= 0.3 is 108 Å². The van der Waals surface area contributed by atoms with Gasteiger partial charge in [-0.1, -0.05) is 0 Å². The Hall–Kier alpha value is -0.852. The van der Waals surface area contributed by atoms with Gasteiger partial charge in [-0.15, -0.1) is 0 Å². The summed E-state index contributed by atoms with van der Waals surface area (Å²) in [5.74, 6) is -6.82. The molecule has 0 saturated heterocycles. The van der Waals surface area contributed by atoms with Crippen LogP contribution in [0, 0.1) is 0 Å². The van der Waals surface area contributed by atoms with E-state index < -0.39 is 40.3 Å². The van der Waals surface area contributed by atoms with E-state index in [1.807, 2.05) is 0 Å². The van der Waals surface area contributed by atoms with Crippen LogP contribution in [0.4, 0.5) is 37.7 Å². The second-order valence-electron chi connectivity index (χ2n) is 4.25. The standard InChI is InChI=1S/C10H8AsF9/c1-11(19,20,7-5-3-2-4-6-7)9(14,15)8(12,13)10(16,17)18/h2-6H,1H3. The Morgan fingerprint density at radius 1 is 0.800 bits per heavy atom. The van der Waals surface area contributed by atoms with E-state index >= 15 is 0 Å². The van der Waals surface area contributed by atoms with Crippen molar-refractivity contribution in [2.75, 3.05) is 0 Å². The molecule has 0 aliphatic carbocycles. The van der Waals surface area contributed by atoms with Crippen molar-refractivity contribution in [2.24, 2.45) is 0 Å². The third-order valence-electron chi connectivity index (χ3n) is 2.71. The van der Waals surface area contributed by atoms with Gasteiger partial charge in [0.05, 0.1) is 0 Å². The van der Waals surface area contributed by atoms with E-state index in [0.29, 0.717) is 12.1 Å². The van der Waals surface area contributed by atoms with Crippen molar-refractivity contribution in [1.82, 2.24) is 0 Å². The van der Waals surface area contributed by atoms with Crippen LogP contribution in [-0.4, -0.2) is 30.2 Å². The van der Waals surface area contributed by atoms with Crippen LogP contribution >= 0.6 is 0 Å². The van der Waals surface area contributed by atoms with Gasteiger partial charge in [0.15, 0.2) is 0 Å². The molecule has 0 nitrogen and oxygen atoms in total. The topological polar surface area (TPSA) is 0 Å². The summed E-state index contributed by atoms with van der Waals surface area (Å²) in [5.41, 5.74) is -0.479. The van der Waals surface area contributed by atoms with Crippen LogP contribution in [0.25, 0.3) is 0 Å². The van der Waals surface area contributed by atoms with Crippen molar-refractivity contribution in [3.63, 3.8) is 0 Å². The van der Waals surface area contributed by atoms with Crippen molar-refractivity contribution in [2.45, 2.75) is 22.5 Å². The zero-order valence-corrected chi connectivity index (χ0v) is 11.6. The van der Waals surface area contributed by atoms with E-state index in [1.165, 1.54) is 0 Å². The molecule has 1 aromatic carbocycles. The van der Waals surface area contributed by atoms with Gasteiger partial charge < -0.3 is 0 Å². The molecule has 0 aliphatic rings. The van der Waals surface area contributed by atoms with Crippen molar-refractivity contribution < 1.29 is 37.7 Å². The third-order valence-corrected chi connectivity index (χ3v) is 9.02. The third kappa shape index (κ3) is 2.19. The Labute approximate surface area is 109 Å². The average molecular weight is 374 g/mol. The fourth-order valence-corrected chi connectivity index (χ4v) is 5.46. The van der Waals surface area contributed by atoms with Crippen LogP contribution in [0.5, 0.6) is 0 Å². The van der Waals surface area contributed by atoms with Gasteiger partial charge in [-0.25, -0.2) is 0 Å². The van der Waals surface area contributed by atoms with Gasteiger partial charge in [-0.3, -0.25) is 0 Å². The molecule has 0 fully saturated rings. The summed E-state index contributed by atoms with van der Waals surface area (Å²) < 4.78 is 109. The van der Waals surface area contributed by atoms with Crippen LogP contribution in [0.1, 0.15) is 0 Å². The van der Waals surface area contributed by atoms with Gasteiger partial charge in [0.1, 0.15) is 0 Å². The van der Waals surface area contributed by atoms with Crippen molar-refractivity contribution in [1.29, 1.82) is 0 Å². The zero-order chi connectivity index (χ0) is 16.1. The molecule has 20 heavy (non-hydrogen) atoms. The predicted octanol–water partition coefficient (Wildman–Crippen LogP) is 4.23. The fraction of sp³-hybridized carbons (Fsp3) is 0.400. The second-order valence-corrected chi connectivity index (χ2v) is 12.0. The summed E-state index contributed by atoms with van der Waals surface area (Å²) in [6.07, 6.45) is -6.78. The van der Waals surface area contributed by atoms with Crippen molar-refractivity contribution in [3.8, 4) is 0 Å². The summed E-state index contributed by atoms with van der Waals surface area (Å²) in [7, 11) is 0. The molecule has 0 aromatic heterocycles. The van der Waals surface area contributed by atoms with Gasteiger partial charge in [0, 0.05) is 0 Å². The van der Waals surface area contributed by atoms with Gasteiger partial charge in [0.2, 0.25) is 0 Å². The minimum atomic E-state index is -8.48. The first-order valence-electron chi connectivity index (χ1n) is 4.97. The molecule has 0 spiro atoms. The van der Waals surface area contributed by atoms with E-state index in [0.717, 1.165) is 18.2 Å². The molecule has 0 N–H and O–H groups in total. The second kappa shape index (κ2) is 4.32. The molecule has 0 amide bonds. The molecule has 1 rings (SSSR count). The van der Waals surface area contributed by atoms with E-state index in [1.54, 1.807) is 0 Å². The molecule has 0 saturated carbocycles. The summed E-state index contributed by atoms with van der Waals surface area (Å²) in [5, 5.41) is 0. The van der Waals surface area contributed by atoms with Gasteiger partial charge in [-0.2, -0.15) is 0 Å². The van der Waals surface area contributed by atoms with Crippen molar-refractivity contribution >= 4 is 17.7 Å².